The van der Waals surface area contributed by atoms with Gasteiger partial charge in [0.25, 0.3) is 5.69 Å². The second-order valence-electron chi connectivity index (χ2n) is 5.12. The third-order valence-electron chi connectivity index (χ3n) is 3.62. The Kier molecular flexibility index (Phi) is 3.32. The summed E-state index contributed by atoms with van der Waals surface area (Å²) in [7, 11) is 0. The highest BCUT2D eigenvalue weighted by Gasteiger charge is 2.29. The number of hydrogen-bond donors (Lipinski definition) is 1. The average molecular weight is 344 g/mol. The van der Waals surface area contributed by atoms with E-state index < -0.39 is 11.2 Å². The first-order valence-corrected chi connectivity index (χ1v) is 7.71. The minimum atomic E-state index is -1.17. The molecule has 1 aliphatic heterocycles. The summed E-state index contributed by atoms with van der Waals surface area (Å²) in [5, 5.41) is 26.1. The van der Waals surface area contributed by atoms with Crippen LogP contribution in [-0.4, -0.2) is 24.8 Å². The molecule has 0 unspecified atom stereocenters. The molecule has 24 heavy (non-hydrogen) atoms. The Balaban J connectivity index is 1.76. The highest BCUT2D eigenvalue weighted by molar-refractivity contribution is 7.99. The fourth-order valence-electron chi connectivity index (χ4n) is 2.43. The largest absolute Gasteiger partial charge is 0.368 e. The van der Waals surface area contributed by atoms with E-state index in [1.165, 1.54) is 40.7 Å². The zero-order chi connectivity index (χ0) is 16.8. The van der Waals surface area contributed by atoms with Crippen LogP contribution in [0.3, 0.4) is 0 Å². The fraction of sp³-hybridized carbons (Fsp3) is 0.0667. The van der Waals surface area contributed by atoms with Crippen LogP contribution in [0.25, 0.3) is 11.4 Å². The van der Waals surface area contributed by atoms with Gasteiger partial charge >= 0.3 is 0 Å². The van der Waals surface area contributed by atoms with Gasteiger partial charge < -0.3 is 5.11 Å². The zero-order valence-electron chi connectivity index (χ0n) is 12.0. The van der Waals surface area contributed by atoms with Crippen molar-refractivity contribution in [3.05, 3.63) is 64.0 Å². The fourth-order valence-corrected chi connectivity index (χ4v) is 3.41. The van der Waals surface area contributed by atoms with Crippen molar-refractivity contribution in [1.29, 1.82) is 0 Å². The number of aliphatic hydroxyl groups excluding tert-OH is 1. The normalized spacial score (nSPS) is 15.7. The van der Waals surface area contributed by atoms with Gasteiger partial charge in [-0.3, -0.25) is 10.1 Å². The monoisotopic (exact) mass is 344 g/mol. The van der Waals surface area contributed by atoms with Gasteiger partial charge in [-0.05, 0) is 42.1 Å². The van der Waals surface area contributed by atoms with Crippen LogP contribution in [0.5, 0.6) is 0 Å². The summed E-state index contributed by atoms with van der Waals surface area (Å²) in [5.74, 6) is -0.0179. The molecule has 0 amide bonds. The van der Waals surface area contributed by atoms with Gasteiger partial charge in [-0.2, -0.15) is 0 Å². The Bertz CT molecular complexity index is 958. The predicted molar refractivity (Wildman–Crippen MR) is 83.0 cm³/mol. The van der Waals surface area contributed by atoms with Gasteiger partial charge in [0.2, 0.25) is 0 Å². The number of nitro benzene ring substituents is 1. The molecule has 0 saturated heterocycles. The Morgan fingerprint density at radius 1 is 1.25 bits per heavy atom. The Morgan fingerprint density at radius 2 is 2.00 bits per heavy atom. The lowest BCUT2D eigenvalue weighted by atomic mass is 10.1. The van der Waals surface area contributed by atoms with Crippen LogP contribution in [0, 0.1) is 15.9 Å². The zero-order valence-corrected chi connectivity index (χ0v) is 12.8. The number of rotatable bonds is 2. The Hall–Kier alpha value is -2.78. The Labute approximate surface area is 138 Å². The number of aromatic nitrogens is 3. The van der Waals surface area contributed by atoms with Crippen LogP contribution in [0.1, 0.15) is 11.8 Å². The first-order chi connectivity index (χ1) is 11.5. The molecule has 2 heterocycles. The first-order valence-electron chi connectivity index (χ1n) is 6.89. The number of halogens is 1. The Morgan fingerprint density at radius 3 is 2.71 bits per heavy atom. The lowest BCUT2D eigenvalue weighted by molar-refractivity contribution is -0.385. The SMILES string of the molecule is O=[N+]([O-])c1ccc2c(c1)[C@H](O)n1nc(-c3ccc(F)cc3)nc1S2. The van der Waals surface area contributed by atoms with E-state index in [1.54, 1.807) is 18.2 Å². The first kappa shape index (κ1) is 14.8. The molecule has 1 aliphatic rings. The number of benzene rings is 2. The highest BCUT2D eigenvalue weighted by atomic mass is 32.2. The van der Waals surface area contributed by atoms with Crippen LogP contribution in [0.2, 0.25) is 0 Å². The molecule has 120 valence electrons. The summed E-state index contributed by atoms with van der Waals surface area (Å²) in [6.45, 7) is 0. The van der Waals surface area contributed by atoms with Crippen molar-refractivity contribution in [3.8, 4) is 11.4 Å². The number of nitro groups is 1. The van der Waals surface area contributed by atoms with Crippen molar-refractivity contribution in [2.75, 3.05) is 0 Å². The molecule has 3 aromatic rings. The summed E-state index contributed by atoms with van der Waals surface area (Å²) in [4.78, 5) is 15.4. The topological polar surface area (TPSA) is 94.1 Å². The van der Waals surface area contributed by atoms with Crippen molar-refractivity contribution < 1.29 is 14.4 Å². The summed E-state index contributed by atoms with van der Waals surface area (Å²) >= 11 is 1.26. The highest BCUT2D eigenvalue weighted by Crippen LogP contribution is 2.41. The molecule has 1 aromatic heterocycles. The quantitative estimate of drug-likeness (QED) is 0.567. The second kappa shape index (κ2) is 5.39. The number of aliphatic hydroxyl groups is 1. The molecule has 0 spiro atoms. The molecule has 1 N–H and O–H groups in total. The summed E-state index contributed by atoms with van der Waals surface area (Å²) in [6, 6.07) is 9.99. The molecule has 0 saturated carbocycles. The van der Waals surface area contributed by atoms with Crippen molar-refractivity contribution in [1.82, 2.24) is 14.8 Å². The van der Waals surface area contributed by atoms with Crippen molar-refractivity contribution in [2.24, 2.45) is 0 Å². The molecule has 1 atom stereocenters. The van der Waals surface area contributed by atoms with Crippen LogP contribution < -0.4 is 0 Å². The van der Waals surface area contributed by atoms with E-state index in [4.69, 9.17) is 0 Å². The molecule has 7 nitrogen and oxygen atoms in total. The third-order valence-corrected chi connectivity index (χ3v) is 4.67. The maximum atomic E-state index is 13.0. The van der Waals surface area contributed by atoms with Crippen LogP contribution >= 0.6 is 11.8 Å². The molecular weight excluding hydrogens is 335 g/mol. The molecular formula is C15H9FN4O3S. The van der Waals surface area contributed by atoms with Gasteiger partial charge in [0.05, 0.1) is 4.92 Å². The predicted octanol–water partition coefficient (Wildman–Crippen LogP) is 3.00. The molecule has 0 radical (unpaired) electrons. The van der Waals surface area contributed by atoms with Crippen molar-refractivity contribution in [2.45, 2.75) is 16.3 Å². The number of non-ortho nitro benzene ring substituents is 1. The maximum absolute atomic E-state index is 13.0. The van der Waals surface area contributed by atoms with Gasteiger partial charge in [-0.15, -0.1) is 5.10 Å². The molecule has 9 heteroatoms. The molecule has 2 aromatic carbocycles. The summed E-state index contributed by atoms with van der Waals surface area (Å²) in [5.41, 5.74) is 0.911. The smallest absolute Gasteiger partial charge is 0.269 e. The van der Waals surface area contributed by atoms with Crippen molar-refractivity contribution >= 4 is 17.4 Å². The van der Waals surface area contributed by atoms with E-state index in [0.29, 0.717) is 27.0 Å². The lowest BCUT2D eigenvalue weighted by Gasteiger charge is -2.21. The molecule has 0 fully saturated rings. The summed E-state index contributed by atoms with van der Waals surface area (Å²) in [6.07, 6.45) is -1.17. The van der Waals surface area contributed by atoms with Gasteiger partial charge in [0.15, 0.2) is 17.2 Å². The maximum Gasteiger partial charge on any atom is 0.269 e. The van der Waals surface area contributed by atoms with E-state index >= 15 is 0 Å². The summed E-state index contributed by atoms with van der Waals surface area (Å²) < 4.78 is 14.3. The second-order valence-corrected chi connectivity index (χ2v) is 6.13. The third kappa shape index (κ3) is 2.34. The van der Waals surface area contributed by atoms with Crippen LogP contribution in [-0.2, 0) is 0 Å². The van der Waals surface area contributed by atoms with Gasteiger partial charge in [0.1, 0.15) is 5.82 Å². The lowest BCUT2D eigenvalue weighted by Crippen LogP contribution is -2.17. The van der Waals surface area contributed by atoms with Gasteiger partial charge in [0, 0.05) is 28.2 Å². The minimum absolute atomic E-state index is 0.101. The van der Waals surface area contributed by atoms with Gasteiger partial charge in [-0.25, -0.2) is 14.1 Å². The van der Waals surface area contributed by atoms with Crippen LogP contribution in [0.4, 0.5) is 10.1 Å². The number of hydrogen-bond acceptors (Lipinski definition) is 6. The van der Waals surface area contributed by atoms with E-state index in [-0.39, 0.29) is 11.5 Å². The average Bonchev–Trinajstić information content (AvgIpc) is 2.99. The van der Waals surface area contributed by atoms with E-state index in [1.807, 2.05) is 0 Å². The molecule has 0 aliphatic carbocycles. The number of fused-ring (bicyclic) bond motifs is 2. The molecule has 4 rings (SSSR count). The standard InChI is InChI=1S/C15H9FN4O3S/c16-9-3-1-8(2-4-9)13-17-15-19(18-13)14(21)11-7-10(20(22)23)5-6-12(11)24-15/h1-7,14,21H/t14-/m0/s1. The van der Waals surface area contributed by atoms with E-state index in [0.717, 1.165) is 0 Å². The minimum Gasteiger partial charge on any atom is -0.368 e. The van der Waals surface area contributed by atoms with Crippen LogP contribution in [0.15, 0.2) is 52.5 Å². The van der Waals surface area contributed by atoms with E-state index in [2.05, 4.69) is 10.1 Å². The van der Waals surface area contributed by atoms with Gasteiger partial charge in [-0.1, -0.05) is 0 Å². The van der Waals surface area contributed by atoms with Crippen molar-refractivity contribution in [3.63, 3.8) is 0 Å². The van der Waals surface area contributed by atoms with E-state index in [9.17, 15) is 19.6 Å². The molecule has 0 bridgehead atoms. The number of nitrogens with zero attached hydrogens (tertiary/aromatic N) is 4.